The second kappa shape index (κ2) is 7.12. The highest BCUT2D eigenvalue weighted by molar-refractivity contribution is 5.83. The summed E-state index contributed by atoms with van der Waals surface area (Å²) < 4.78 is 0. The predicted molar refractivity (Wildman–Crippen MR) is 87.0 cm³/mol. The van der Waals surface area contributed by atoms with E-state index in [-0.39, 0.29) is 29.1 Å². The Hall–Kier alpha value is -2.29. The monoisotopic (exact) mass is 298 g/mol. The molecule has 0 saturated carbocycles. The Morgan fingerprint density at radius 1 is 0.773 bits per heavy atom. The Balaban J connectivity index is 1.94. The minimum absolute atomic E-state index is 0.0587. The fourth-order valence-corrected chi connectivity index (χ4v) is 2.66. The summed E-state index contributed by atoms with van der Waals surface area (Å²) >= 11 is 0. The van der Waals surface area contributed by atoms with Crippen molar-refractivity contribution in [2.24, 2.45) is 11.8 Å². The van der Waals surface area contributed by atoms with Crippen LogP contribution in [-0.2, 0) is 17.6 Å². The molecule has 0 bridgehead atoms. The Bertz CT molecular complexity index is 559. The lowest BCUT2D eigenvalue weighted by Crippen LogP contribution is -2.22. The molecule has 0 amide bonds. The molecule has 2 rings (SSSR count). The number of carbonyl (C=O) groups excluding carboxylic acids is 1. The van der Waals surface area contributed by atoms with Crippen LogP contribution < -0.4 is 0 Å². The normalized spacial score (nSPS) is 13.5. The number of carbonyl (C=O) groups is 1. The number of ketones is 1. The van der Waals surface area contributed by atoms with Gasteiger partial charge in [0.05, 0.1) is 0 Å². The molecule has 2 aromatic carbocycles. The molecule has 0 aliphatic rings. The van der Waals surface area contributed by atoms with Crippen LogP contribution in [-0.4, -0.2) is 16.0 Å². The standard InChI is InChI=1S/C19H22O3/c1-13(11-15-3-7-17(20)8-4-15)19(22)14(2)12-16-5-9-18(21)10-6-16/h3-10,13-14,20-21H,11-12H2,1-2H3. The van der Waals surface area contributed by atoms with E-state index in [1.807, 2.05) is 38.1 Å². The predicted octanol–water partition coefficient (Wildman–Crippen LogP) is 3.72. The van der Waals surface area contributed by atoms with Crippen LogP contribution in [0.2, 0.25) is 0 Å². The number of benzene rings is 2. The quantitative estimate of drug-likeness (QED) is 0.854. The van der Waals surface area contributed by atoms with Gasteiger partial charge in [0.15, 0.2) is 0 Å². The topological polar surface area (TPSA) is 57.5 Å². The minimum atomic E-state index is -0.0587. The molecule has 2 atom stereocenters. The highest BCUT2D eigenvalue weighted by Gasteiger charge is 2.20. The van der Waals surface area contributed by atoms with Gasteiger partial charge < -0.3 is 10.2 Å². The van der Waals surface area contributed by atoms with E-state index >= 15 is 0 Å². The first-order valence-corrected chi connectivity index (χ1v) is 7.55. The number of hydrogen-bond donors (Lipinski definition) is 2. The summed E-state index contributed by atoms with van der Waals surface area (Å²) in [5.41, 5.74) is 2.10. The molecule has 3 heteroatoms. The molecule has 0 radical (unpaired) electrons. The first kappa shape index (κ1) is 16.1. The SMILES string of the molecule is CC(Cc1ccc(O)cc1)C(=O)C(C)Cc1ccc(O)cc1. The molecule has 22 heavy (non-hydrogen) atoms. The zero-order valence-electron chi connectivity index (χ0n) is 13.0. The summed E-state index contributed by atoms with van der Waals surface area (Å²) in [7, 11) is 0. The van der Waals surface area contributed by atoms with Gasteiger partial charge in [0, 0.05) is 11.8 Å². The molecule has 0 fully saturated rings. The van der Waals surface area contributed by atoms with Crippen LogP contribution in [0.4, 0.5) is 0 Å². The average Bonchev–Trinajstić information content (AvgIpc) is 2.51. The van der Waals surface area contributed by atoms with Crippen molar-refractivity contribution in [1.82, 2.24) is 0 Å². The molecule has 0 aliphatic heterocycles. The van der Waals surface area contributed by atoms with Crippen LogP contribution in [0.25, 0.3) is 0 Å². The third-order valence-electron chi connectivity index (χ3n) is 3.93. The van der Waals surface area contributed by atoms with Crippen molar-refractivity contribution in [2.75, 3.05) is 0 Å². The van der Waals surface area contributed by atoms with Crippen LogP contribution >= 0.6 is 0 Å². The highest BCUT2D eigenvalue weighted by atomic mass is 16.3. The van der Waals surface area contributed by atoms with E-state index in [0.29, 0.717) is 12.8 Å². The fourth-order valence-electron chi connectivity index (χ4n) is 2.66. The lowest BCUT2D eigenvalue weighted by molar-refractivity contribution is -0.125. The smallest absolute Gasteiger partial charge is 0.139 e. The number of hydrogen-bond acceptors (Lipinski definition) is 3. The maximum absolute atomic E-state index is 12.5. The molecular weight excluding hydrogens is 276 g/mol. The maximum Gasteiger partial charge on any atom is 0.139 e. The first-order valence-electron chi connectivity index (χ1n) is 7.55. The summed E-state index contributed by atoms with van der Waals surface area (Å²) in [6, 6.07) is 14.0. The van der Waals surface area contributed by atoms with E-state index in [1.54, 1.807) is 24.3 Å². The fraction of sp³-hybridized carbons (Fsp3) is 0.316. The molecule has 2 unspecified atom stereocenters. The third-order valence-corrected chi connectivity index (χ3v) is 3.93. The minimum Gasteiger partial charge on any atom is -0.508 e. The zero-order chi connectivity index (χ0) is 16.1. The van der Waals surface area contributed by atoms with Crippen molar-refractivity contribution in [3.8, 4) is 11.5 Å². The molecule has 0 heterocycles. The Labute approximate surface area is 131 Å². The van der Waals surface area contributed by atoms with Gasteiger partial charge in [-0.05, 0) is 48.2 Å². The van der Waals surface area contributed by atoms with Crippen LogP contribution in [0.1, 0.15) is 25.0 Å². The Morgan fingerprint density at radius 3 is 1.41 bits per heavy atom. The summed E-state index contributed by atoms with van der Waals surface area (Å²) in [5, 5.41) is 18.6. The molecule has 2 aromatic rings. The second-order valence-corrected chi connectivity index (χ2v) is 5.95. The number of rotatable bonds is 6. The van der Waals surface area contributed by atoms with Crippen molar-refractivity contribution in [3.63, 3.8) is 0 Å². The third kappa shape index (κ3) is 4.35. The van der Waals surface area contributed by atoms with Gasteiger partial charge in [-0.15, -0.1) is 0 Å². The van der Waals surface area contributed by atoms with Gasteiger partial charge in [-0.3, -0.25) is 4.79 Å². The van der Waals surface area contributed by atoms with E-state index in [4.69, 9.17) is 0 Å². The van der Waals surface area contributed by atoms with E-state index in [1.165, 1.54) is 0 Å². The second-order valence-electron chi connectivity index (χ2n) is 5.95. The first-order chi connectivity index (χ1) is 10.5. The van der Waals surface area contributed by atoms with Gasteiger partial charge in [0.1, 0.15) is 17.3 Å². The highest BCUT2D eigenvalue weighted by Crippen LogP contribution is 2.20. The van der Waals surface area contributed by atoms with Crippen LogP contribution in [0.3, 0.4) is 0 Å². The number of phenolic OH excluding ortho intramolecular Hbond substituents is 2. The van der Waals surface area contributed by atoms with Crippen LogP contribution in [0, 0.1) is 11.8 Å². The molecule has 0 aromatic heterocycles. The van der Waals surface area contributed by atoms with Crippen molar-refractivity contribution >= 4 is 5.78 Å². The van der Waals surface area contributed by atoms with Gasteiger partial charge >= 0.3 is 0 Å². The van der Waals surface area contributed by atoms with Gasteiger partial charge in [0.2, 0.25) is 0 Å². The number of Topliss-reactive ketones (excluding diaryl/α,β-unsaturated/α-hetero) is 1. The molecule has 0 aliphatic carbocycles. The Morgan fingerprint density at radius 2 is 1.09 bits per heavy atom. The van der Waals surface area contributed by atoms with Gasteiger partial charge in [0.25, 0.3) is 0 Å². The summed E-state index contributed by atoms with van der Waals surface area (Å²) in [6.45, 7) is 3.89. The van der Waals surface area contributed by atoms with Crippen molar-refractivity contribution in [1.29, 1.82) is 0 Å². The van der Waals surface area contributed by atoms with Gasteiger partial charge in [-0.25, -0.2) is 0 Å². The molecule has 2 N–H and O–H groups in total. The molecular formula is C19H22O3. The number of aromatic hydroxyl groups is 2. The van der Waals surface area contributed by atoms with Gasteiger partial charge in [-0.1, -0.05) is 38.1 Å². The van der Waals surface area contributed by atoms with Crippen LogP contribution in [0.15, 0.2) is 48.5 Å². The lowest BCUT2D eigenvalue weighted by Gasteiger charge is -2.16. The van der Waals surface area contributed by atoms with Gasteiger partial charge in [-0.2, -0.15) is 0 Å². The largest absolute Gasteiger partial charge is 0.508 e. The van der Waals surface area contributed by atoms with E-state index in [0.717, 1.165) is 11.1 Å². The average molecular weight is 298 g/mol. The van der Waals surface area contributed by atoms with E-state index < -0.39 is 0 Å². The number of phenols is 2. The molecule has 3 nitrogen and oxygen atoms in total. The Kier molecular flexibility index (Phi) is 5.21. The summed E-state index contributed by atoms with van der Waals surface area (Å²) in [4.78, 5) is 12.5. The zero-order valence-corrected chi connectivity index (χ0v) is 13.0. The molecule has 0 saturated heterocycles. The van der Waals surface area contributed by atoms with E-state index in [2.05, 4.69) is 0 Å². The lowest BCUT2D eigenvalue weighted by atomic mass is 9.87. The summed E-state index contributed by atoms with van der Waals surface area (Å²) in [6.07, 6.45) is 1.36. The molecule has 0 spiro atoms. The maximum atomic E-state index is 12.5. The molecule has 116 valence electrons. The summed E-state index contributed by atoms with van der Waals surface area (Å²) in [5.74, 6) is 0.598. The van der Waals surface area contributed by atoms with Crippen molar-refractivity contribution in [2.45, 2.75) is 26.7 Å². The van der Waals surface area contributed by atoms with E-state index in [9.17, 15) is 15.0 Å². The van der Waals surface area contributed by atoms with Crippen LogP contribution in [0.5, 0.6) is 11.5 Å². The van der Waals surface area contributed by atoms with Crippen molar-refractivity contribution < 1.29 is 15.0 Å². The van der Waals surface area contributed by atoms with Crippen molar-refractivity contribution in [3.05, 3.63) is 59.7 Å².